The Morgan fingerprint density at radius 1 is 0.345 bits per heavy atom. The molecular weight excluding hydrogens is 709 g/mol. The molecule has 6 nitrogen and oxygen atoms in total. The second-order valence-corrected chi connectivity index (χ2v) is 14.7. The van der Waals surface area contributed by atoms with Crippen molar-refractivity contribution in [1.29, 1.82) is 0 Å². The molecule has 0 bridgehead atoms. The van der Waals surface area contributed by atoms with Crippen LogP contribution in [0.25, 0.3) is 111 Å². The molecule has 0 saturated carbocycles. The summed E-state index contributed by atoms with van der Waals surface area (Å²) in [6, 6.07) is 67.9. The Labute approximate surface area is 333 Å². The van der Waals surface area contributed by atoms with Crippen LogP contribution in [0.4, 0.5) is 0 Å². The highest BCUT2D eigenvalue weighted by Gasteiger charge is 2.22. The van der Waals surface area contributed by atoms with Crippen molar-refractivity contribution in [1.82, 2.24) is 28.9 Å². The van der Waals surface area contributed by atoms with E-state index in [0.29, 0.717) is 5.82 Å². The normalized spacial score (nSPS) is 11.8. The minimum absolute atomic E-state index is 0.700. The molecule has 12 rings (SSSR count). The highest BCUT2D eigenvalue weighted by molar-refractivity contribution is 6.22. The quantitative estimate of drug-likeness (QED) is 0.176. The number of aromatic nitrogens is 6. The Hall–Kier alpha value is -7.96. The molecule has 0 aliphatic carbocycles. The lowest BCUT2D eigenvalue weighted by Gasteiger charge is -2.13. The number of para-hydroxylation sites is 3. The standard InChI is InChI=1S/C52H32N6/c1-3-15-34(16-4-1)44-32-45(54-50(53-44)35-17-5-2-6-18-35)38-20-13-19-36(30-38)37-27-28-46-41(31-37)49-39-21-8-7-14-33(39)26-29-48(49)57(46)52-56-42-23-10-9-22-40(42)51-55-43-24-11-12-25-47(43)58(51)52/h1-32H. The van der Waals surface area contributed by atoms with E-state index in [-0.39, 0.29) is 0 Å². The predicted octanol–water partition coefficient (Wildman–Crippen LogP) is 12.7. The second kappa shape index (κ2) is 12.8. The van der Waals surface area contributed by atoms with Gasteiger partial charge in [-0.1, -0.05) is 140 Å². The minimum Gasteiger partial charge on any atom is -0.279 e. The van der Waals surface area contributed by atoms with Crippen LogP contribution in [0.3, 0.4) is 0 Å². The number of fused-ring (bicyclic) bond motifs is 10. The lowest BCUT2D eigenvalue weighted by Crippen LogP contribution is -2.06. The molecule has 270 valence electrons. The Morgan fingerprint density at radius 3 is 1.83 bits per heavy atom. The molecule has 0 aliphatic heterocycles. The maximum Gasteiger partial charge on any atom is 0.221 e. The zero-order chi connectivity index (χ0) is 38.2. The van der Waals surface area contributed by atoms with Gasteiger partial charge in [0.1, 0.15) is 5.65 Å². The van der Waals surface area contributed by atoms with Crippen LogP contribution in [0.5, 0.6) is 0 Å². The van der Waals surface area contributed by atoms with Crippen LogP contribution in [-0.4, -0.2) is 28.9 Å². The molecule has 58 heavy (non-hydrogen) atoms. The summed E-state index contributed by atoms with van der Waals surface area (Å²) in [5.41, 5.74) is 12.9. The van der Waals surface area contributed by atoms with Crippen LogP contribution in [0, 0.1) is 0 Å². The predicted molar refractivity (Wildman–Crippen MR) is 237 cm³/mol. The summed E-state index contributed by atoms with van der Waals surface area (Å²) in [7, 11) is 0. The number of hydrogen-bond donors (Lipinski definition) is 0. The van der Waals surface area contributed by atoms with Crippen molar-refractivity contribution in [3.63, 3.8) is 0 Å². The fourth-order valence-electron chi connectivity index (χ4n) is 8.59. The van der Waals surface area contributed by atoms with Gasteiger partial charge in [-0.05, 0) is 76.5 Å². The van der Waals surface area contributed by atoms with Crippen LogP contribution in [0.2, 0.25) is 0 Å². The first-order valence-electron chi connectivity index (χ1n) is 19.5. The van der Waals surface area contributed by atoms with E-state index in [1.165, 1.54) is 16.2 Å². The van der Waals surface area contributed by atoms with Crippen molar-refractivity contribution in [3.8, 4) is 51.0 Å². The van der Waals surface area contributed by atoms with Gasteiger partial charge < -0.3 is 0 Å². The van der Waals surface area contributed by atoms with Crippen LogP contribution in [0.1, 0.15) is 0 Å². The van der Waals surface area contributed by atoms with E-state index in [2.05, 4.69) is 155 Å². The summed E-state index contributed by atoms with van der Waals surface area (Å²) < 4.78 is 4.54. The van der Waals surface area contributed by atoms with Gasteiger partial charge in [-0.15, -0.1) is 0 Å². The molecule has 8 aromatic carbocycles. The van der Waals surface area contributed by atoms with Gasteiger partial charge in [0.15, 0.2) is 5.82 Å². The molecule has 0 amide bonds. The highest BCUT2D eigenvalue weighted by atomic mass is 15.2. The zero-order valence-electron chi connectivity index (χ0n) is 31.2. The maximum atomic E-state index is 5.41. The van der Waals surface area contributed by atoms with Gasteiger partial charge in [0.2, 0.25) is 5.95 Å². The summed E-state index contributed by atoms with van der Waals surface area (Å²) in [4.78, 5) is 20.7. The third-order valence-electron chi connectivity index (χ3n) is 11.3. The number of benzene rings is 8. The first kappa shape index (κ1) is 32.3. The van der Waals surface area contributed by atoms with Crippen molar-refractivity contribution in [2.75, 3.05) is 0 Å². The van der Waals surface area contributed by atoms with E-state index in [1.807, 2.05) is 48.5 Å². The molecule has 4 aromatic heterocycles. The van der Waals surface area contributed by atoms with E-state index in [9.17, 15) is 0 Å². The molecule has 0 spiro atoms. The molecule has 0 aliphatic rings. The van der Waals surface area contributed by atoms with Crippen LogP contribution < -0.4 is 0 Å². The Kier molecular flexibility index (Phi) is 7.13. The van der Waals surface area contributed by atoms with Crippen LogP contribution in [0.15, 0.2) is 194 Å². The SMILES string of the molecule is c1ccc(-c2cc(-c3cccc(-c4ccc5c(c4)c4c6ccccc6ccc4n5-c4nc5ccccc5c5nc6ccccc6n45)c3)nc(-c3ccccc3)n2)cc1. The third kappa shape index (κ3) is 5.05. The maximum absolute atomic E-state index is 5.41. The molecule has 0 saturated heterocycles. The summed E-state index contributed by atoms with van der Waals surface area (Å²) in [5, 5.41) is 5.76. The van der Waals surface area contributed by atoms with Gasteiger partial charge in [0.05, 0.1) is 39.0 Å². The van der Waals surface area contributed by atoms with Crippen molar-refractivity contribution in [2.24, 2.45) is 0 Å². The van der Waals surface area contributed by atoms with Crippen molar-refractivity contribution in [3.05, 3.63) is 194 Å². The van der Waals surface area contributed by atoms with Crippen LogP contribution in [-0.2, 0) is 0 Å². The second-order valence-electron chi connectivity index (χ2n) is 14.7. The van der Waals surface area contributed by atoms with E-state index < -0.39 is 0 Å². The van der Waals surface area contributed by atoms with Crippen molar-refractivity contribution >= 4 is 60.2 Å². The smallest absolute Gasteiger partial charge is 0.221 e. The van der Waals surface area contributed by atoms with Gasteiger partial charge in [-0.3, -0.25) is 8.97 Å². The molecule has 0 N–H and O–H groups in total. The minimum atomic E-state index is 0.700. The molecule has 0 fully saturated rings. The molecule has 0 radical (unpaired) electrons. The largest absolute Gasteiger partial charge is 0.279 e. The monoisotopic (exact) mass is 740 g/mol. The van der Waals surface area contributed by atoms with Crippen molar-refractivity contribution < 1.29 is 0 Å². The van der Waals surface area contributed by atoms with Gasteiger partial charge in [0, 0.05) is 32.8 Å². The lowest BCUT2D eigenvalue weighted by molar-refractivity contribution is 0.980. The van der Waals surface area contributed by atoms with Gasteiger partial charge in [-0.25, -0.2) is 19.9 Å². The summed E-state index contributed by atoms with van der Waals surface area (Å²) in [6.07, 6.45) is 0. The number of hydrogen-bond acceptors (Lipinski definition) is 4. The molecule has 0 atom stereocenters. The van der Waals surface area contributed by atoms with Gasteiger partial charge >= 0.3 is 0 Å². The average Bonchev–Trinajstić information content (AvgIpc) is 3.86. The fraction of sp³-hybridized carbons (Fsp3) is 0. The number of nitrogens with zero attached hydrogens (tertiary/aromatic N) is 6. The average molecular weight is 741 g/mol. The molecular formula is C52H32N6. The van der Waals surface area contributed by atoms with E-state index in [4.69, 9.17) is 19.9 Å². The molecule has 6 heteroatoms. The van der Waals surface area contributed by atoms with E-state index >= 15 is 0 Å². The third-order valence-corrected chi connectivity index (χ3v) is 11.3. The number of imidazole rings is 1. The van der Waals surface area contributed by atoms with Gasteiger partial charge in [0.25, 0.3) is 0 Å². The Bertz CT molecular complexity index is 3510. The summed E-state index contributed by atoms with van der Waals surface area (Å²) >= 11 is 0. The lowest BCUT2D eigenvalue weighted by atomic mass is 9.98. The fourth-order valence-corrected chi connectivity index (χ4v) is 8.59. The summed E-state index contributed by atoms with van der Waals surface area (Å²) in [5.74, 6) is 1.50. The van der Waals surface area contributed by atoms with E-state index in [1.54, 1.807) is 0 Å². The first-order chi connectivity index (χ1) is 28.7. The Morgan fingerprint density at radius 2 is 0.983 bits per heavy atom. The Balaban J connectivity index is 1.09. The first-order valence-corrected chi connectivity index (χ1v) is 19.5. The highest BCUT2D eigenvalue weighted by Crippen LogP contribution is 2.40. The van der Waals surface area contributed by atoms with E-state index in [0.717, 1.165) is 89.2 Å². The van der Waals surface area contributed by atoms with Crippen LogP contribution >= 0.6 is 0 Å². The molecule has 12 aromatic rings. The number of rotatable bonds is 5. The zero-order valence-corrected chi connectivity index (χ0v) is 31.2. The van der Waals surface area contributed by atoms with Gasteiger partial charge in [-0.2, -0.15) is 0 Å². The molecule has 0 unspecified atom stereocenters. The summed E-state index contributed by atoms with van der Waals surface area (Å²) in [6.45, 7) is 0. The topological polar surface area (TPSA) is 60.9 Å². The molecule has 4 heterocycles. The van der Waals surface area contributed by atoms with Crippen molar-refractivity contribution in [2.45, 2.75) is 0 Å².